The molecule has 0 radical (unpaired) electrons. The second-order valence-electron chi connectivity index (χ2n) is 2.58. The SMILES string of the molecule is Cc1cc(O)c2[nH]cnc2c1. The lowest BCUT2D eigenvalue weighted by atomic mass is 10.2. The van der Waals surface area contributed by atoms with E-state index in [1.807, 2.05) is 13.0 Å². The fourth-order valence-electron chi connectivity index (χ4n) is 1.16. The van der Waals surface area contributed by atoms with Crippen molar-refractivity contribution in [3.05, 3.63) is 24.0 Å². The zero-order chi connectivity index (χ0) is 7.84. The first kappa shape index (κ1) is 6.22. The number of rotatable bonds is 0. The number of fused-ring (bicyclic) bond motifs is 1. The Bertz CT molecular complexity index is 392. The fraction of sp³-hybridized carbons (Fsp3) is 0.125. The molecule has 0 saturated carbocycles. The molecular formula is C8H8N2O. The van der Waals surface area contributed by atoms with Crippen LogP contribution in [-0.4, -0.2) is 15.1 Å². The number of H-pyrrole nitrogens is 1. The van der Waals surface area contributed by atoms with E-state index >= 15 is 0 Å². The van der Waals surface area contributed by atoms with Gasteiger partial charge in [-0.1, -0.05) is 0 Å². The molecular weight excluding hydrogens is 140 g/mol. The maximum Gasteiger partial charge on any atom is 0.141 e. The summed E-state index contributed by atoms with van der Waals surface area (Å²) in [6, 6.07) is 3.63. The molecule has 0 bridgehead atoms. The van der Waals surface area contributed by atoms with Gasteiger partial charge >= 0.3 is 0 Å². The van der Waals surface area contributed by atoms with E-state index in [-0.39, 0.29) is 5.75 Å². The Balaban J connectivity index is 2.91. The Morgan fingerprint density at radius 3 is 3.09 bits per heavy atom. The maximum absolute atomic E-state index is 9.37. The smallest absolute Gasteiger partial charge is 0.141 e. The van der Waals surface area contributed by atoms with Crippen LogP contribution in [0, 0.1) is 6.92 Å². The van der Waals surface area contributed by atoms with Crippen LogP contribution in [0.15, 0.2) is 18.5 Å². The van der Waals surface area contributed by atoms with Crippen molar-refractivity contribution in [2.75, 3.05) is 0 Å². The van der Waals surface area contributed by atoms with Gasteiger partial charge in [-0.2, -0.15) is 0 Å². The Kier molecular flexibility index (Phi) is 1.12. The molecule has 56 valence electrons. The van der Waals surface area contributed by atoms with Gasteiger partial charge in [-0.3, -0.25) is 0 Å². The number of aryl methyl sites for hydroxylation is 1. The van der Waals surface area contributed by atoms with Crippen molar-refractivity contribution in [1.29, 1.82) is 0 Å². The minimum Gasteiger partial charge on any atom is -0.506 e. The van der Waals surface area contributed by atoms with Gasteiger partial charge in [-0.15, -0.1) is 0 Å². The largest absolute Gasteiger partial charge is 0.506 e. The van der Waals surface area contributed by atoms with Crippen LogP contribution < -0.4 is 0 Å². The summed E-state index contributed by atoms with van der Waals surface area (Å²) >= 11 is 0. The van der Waals surface area contributed by atoms with Crippen LogP contribution in [0.2, 0.25) is 0 Å². The molecule has 0 aliphatic carbocycles. The lowest BCUT2D eigenvalue weighted by Gasteiger charge is -1.95. The molecule has 0 unspecified atom stereocenters. The predicted molar refractivity (Wildman–Crippen MR) is 42.5 cm³/mol. The third kappa shape index (κ3) is 0.852. The topological polar surface area (TPSA) is 48.9 Å². The number of nitrogens with one attached hydrogen (secondary N) is 1. The highest BCUT2D eigenvalue weighted by Gasteiger charge is 2.01. The molecule has 0 fully saturated rings. The lowest BCUT2D eigenvalue weighted by molar-refractivity contribution is 0.480. The van der Waals surface area contributed by atoms with E-state index in [1.54, 1.807) is 12.4 Å². The van der Waals surface area contributed by atoms with Crippen molar-refractivity contribution in [1.82, 2.24) is 9.97 Å². The summed E-state index contributed by atoms with van der Waals surface area (Å²) in [6.07, 6.45) is 1.57. The van der Waals surface area contributed by atoms with Crippen LogP contribution in [0.4, 0.5) is 0 Å². The minimum absolute atomic E-state index is 0.262. The Morgan fingerprint density at radius 2 is 2.27 bits per heavy atom. The van der Waals surface area contributed by atoms with Crippen molar-refractivity contribution in [3.63, 3.8) is 0 Å². The van der Waals surface area contributed by atoms with Gasteiger partial charge in [0.2, 0.25) is 0 Å². The molecule has 1 heterocycles. The Morgan fingerprint density at radius 1 is 1.45 bits per heavy atom. The molecule has 2 N–H and O–H groups in total. The van der Waals surface area contributed by atoms with Gasteiger partial charge in [-0.05, 0) is 24.6 Å². The number of imidazole rings is 1. The number of phenols is 1. The highest BCUT2D eigenvalue weighted by Crippen LogP contribution is 2.22. The Labute approximate surface area is 63.7 Å². The molecule has 0 saturated heterocycles. The number of aromatic amines is 1. The van der Waals surface area contributed by atoms with E-state index < -0.39 is 0 Å². The van der Waals surface area contributed by atoms with Crippen LogP contribution in [-0.2, 0) is 0 Å². The summed E-state index contributed by atoms with van der Waals surface area (Å²) in [5, 5.41) is 9.37. The monoisotopic (exact) mass is 148 g/mol. The molecule has 0 amide bonds. The van der Waals surface area contributed by atoms with Crippen molar-refractivity contribution < 1.29 is 5.11 Å². The highest BCUT2D eigenvalue weighted by molar-refractivity contribution is 5.81. The zero-order valence-electron chi connectivity index (χ0n) is 6.13. The molecule has 11 heavy (non-hydrogen) atoms. The first-order chi connectivity index (χ1) is 5.27. The molecule has 1 aromatic carbocycles. The van der Waals surface area contributed by atoms with Crippen molar-refractivity contribution in [2.45, 2.75) is 6.92 Å². The number of phenolic OH excluding ortho intramolecular Hbond substituents is 1. The van der Waals surface area contributed by atoms with E-state index in [4.69, 9.17) is 0 Å². The van der Waals surface area contributed by atoms with Crippen molar-refractivity contribution in [2.24, 2.45) is 0 Å². The van der Waals surface area contributed by atoms with E-state index in [9.17, 15) is 5.11 Å². The summed E-state index contributed by atoms with van der Waals surface area (Å²) in [4.78, 5) is 6.88. The first-order valence-electron chi connectivity index (χ1n) is 3.40. The van der Waals surface area contributed by atoms with Crippen LogP contribution in [0.25, 0.3) is 11.0 Å². The molecule has 1 aromatic heterocycles. The standard InChI is InChI=1S/C8H8N2O/c1-5-2-6-8(7(11)3-5)10-4-9-6/h2-4,11H,1H3,(H,9,10). The minimum atomic E-state index is 0.262. The molecule has 0 atom stereocenters. The second kappa shape index (κ2) is 1.99. The number of nitrogens with zero attached hydrogens (tertiary/aromatic N) is 1. The number of hydrogen-bond donors (Lipinski definition) is 2. The number of benzene rings is 1. The molecule has 2 rings (SSSR count). The zero-order valence-corrected chi connectivity index (χ0v) is 6.13. The Hall–Kier alpha value is -1.51. The molecule has 3 nitrogen and oxygen atoms in total. The summed E-state index contributed by atoms with van der Waals surface area (Å²) in [6.45, 7) is 1.92. The highest BCUT2D eigenvalue weighted by atomic mass is 16.3. The average Bonchev–Trinajstić information content (AvgIpc) is 2.34. The van der Waals surface area contributed by atoms with Crippen LogP contribution in [0.3, 0.4) is 0 Å². The van der Waals surface area contributed by atoms with E-state index in [0.29, 0.717) is 5.52 Å². The van der Waals surface area contributed by atoms with Gasteiger partial charge in [0, 0.05) is 0 Å². The van der Waals surface area contributed by atoms with Crippen LogP contribution in [0.1, 0.15) is 5.56 Å². The van der Waals surface area contributed by atoms with E-state index in [2.05, 4.69) is 9.97 Å². The first-order valence-corrected chi connectivity index (χ1v) is 3.40. The summed E-state index contributed by atoms with van der Waals surface area (Å²) in [5.74, 6) is 0.262. The van der Waals surface area contributed by atoms with Gasteiger partial charge in [0.1, 0.15) is 11.3 Å². The number of aromatic hydroxyl groups is 1. The van der Waals surface area contributed by atoms with E-state index in [0.717, 1.165) is 11.1 Å². The molecule has 3 heteroatoms. The van der Waals surface area contributed by atoms with Gasteiger partial charge in [0.15, 0.2) is 0 Å². The van der Waals surface area contributed by atoms with E-state index in [1.165, 1.54) is 0 Å². The van der Waals surface area contributed by atoms with Crippen molar-refractivity contribution >= 4 is 11.0 Å². The molecule has 0 spiro atoms. The van der Waals surface area contributed by atoms with Gasteiger partial charge in [0.05, 0.1) is 11.8 Å². The summed E-state index contributed by atoms with van der Waals surface area (Å²) in [5.41, 5.74) is 2.53. The lowest BCUT2D eigenvalue weighted by Crippen LogP contribution is -1.74. The summed E-state index contributed by atoms with van der Waals surface area (Å²) in [7, 11) is 0. The number of hydrogen-bond acceptors (Lipinski definition) is 2. The molecule has 2 aromatic rings. The number of aromatic nitrogens is 2. The maximum atomic E-state index is 9.37. The summed E-state index contributed by atoms with van der Waals surface area (Å²) < 4.78 is 0. The van der Waals surface area contributed by atoms with Gasteiger partial charge < -0.3 is 10.1 Å². The third-order valence-corrected chi connectivity index (χ3v) is 1.65. The second-order valence-corrected chi connectivity index (χ2v) is 2.58. The van der Waals surface area contributed by atoms with Crippen LogP contribution in [0.5, 0.6) is 5.75 Å². The quantitative estimate of drug-likeness (QED) is 0.595. The van der Waals surface area contributed by atoms with Gasteiger partial charge in [0.25, 0.3) is 0 Å². The normalized spacial score (nSPS) is 10.6. The van der Waals surface area contributed by atoms with Gasteiger partial charge in [-0.25, -0.2) is 4.98 Å². The fourth-order valence-corrected chi connectivity index (χ4v) is 1.16. The third-order valence-electron chi connectivity index (χ3n) is 1.65. The molecule has 0 aliphatic heterocycles. The van der Waals surface area contributed by atoms with Crippen molar-refractivity contribution in [3.8, 4) is 5.75 Å². The molecule has 0 aliphatic rings. The predicted octanol–water partition coefficient (Wildman–Crippen LogP) is 1.58. The van der Waals surface area contributed by atoms with Crippen LogP contribution >= 0.6 is 0 Å². The average molecular weight is 148 g/mol.